The van der Waals surface area contributed by atoms with Crippen LogP contribution in [0.4, 0.5) is 11.4 Å². The van der Waals surface area contributed by atoms with E-state index in [1.807, 2.05) is 13.0 Å². The zero-order valence-corrected chi connectivity index (χ0v) is 12.6. The van der Waals surface area contributed by atoms with Crippen molar-refractivity contribution in [1.82, 2.24) is 4.72 Å². The van der Waals surface area contributed by atoms with E-state index in [9.17, 15) is 13.2 Å². The second-order valence-corrected chi connectivity index (χ2v) is 6.74. The van der Waals surface area contributed by atoms with Gasteiger partial charge in [0.15, 0.2) is 6.17 Å². The summed E-state index contributed by atoms with van der Waals surface area (Å²) < 4.78 is 26.8. The van der Waals surface area contributed by atoms with Crippen molar-refractivity contribution >= 4 is 27.3 Å². The Bertz CT molecular complexity index is 819. The average molecular weight is 317 g/mol. The molecule has 0 radical (unpaired) electrons. The van der Waals surface area contributed by atoms with Crippen molar-refractivity contribution in [3.05, 3.63) is 54.1 Å². The number of hydrogen-bond donors (Lipinski definition) is 3. The summed E-state index contributed by atoms with van der Waals surface area (Å²) in [6.45, 7) is 1.86. The molecule has 2 aromatic rings. The lowest BCUT2D eigenvalue weighted by Crippen LogP contribution is -2.51. The van der Waals surface area contributed by atoms with Gasteiger partial charge in [0.25, 0.3) is 5.91 Å². The van der Waals surface area contributed by atoms with Gasteiger partial charge in [-0.1, -0.05) is 24.3 Å². The third-order valence-corrected chi connectivity index (χ3v) is 4.78. The van der Waals surface area contributed by atoms with E-state index in [1.54, 1.807) is 36.4 Å². The molecule has 0 unspecified atom stereocenters. The molecule has 1 amide bonds. The van der Waals surface area contributed by atoms with Crippen molar-refractivity contribution in [3.63, 3.8) is 0 Å². The summed E-state index contributed by atoms with van der Waals surface area (Å²) in [6, 6.07) is 13.8. The molecule has 3 rings (SSSR count). The second kappa shape index (κ2) is 5.43. The quantitative estimate of drug-likeness (QED) is 0.786. The van der Waals surface area contributed by atoms with E-state index in [2.05, 4.69) is 15.4 Å². The number of carbonyl (C=O) groups is 1. The third-order valence-electron chi connectivity index (χ3n) is 3.30. The van der Waals surface area contributed by atoms with Gasteiger partial charge in [0.2, 0.25) is 10.0 Å². The molecular weight excluding hydrogens is 302 g/mol. The lowest BCUT2D eigenvalue weighted by atomic mass is 10.2. The van der Waals surface area contributed by atoms with Gasteiger partial charge < -0.3 is 10.6 Å². The molecule has 0 aromatic heterocycles. The fraction of sp³-hybridized carbons (Fsp3) is 0.133. The van der Waals surface area contributed by atoms with Gasteiger partial charge in [0.05, 0.1) is 5.69 Å². The van der Waals surface area contributed by atoms with Gasteiger partial charge in [-0.05, 0) is 36.8 Å². The minimum atomic E-state index is -3.72. The largest absolute Gasteiger partial charge is 0.360 e. The maximum Gasteiger partial charge on any atom is 0.262 e. The van der Waals surface area contributed by atoms with Crippen molar-refractivity contribution in [2.75, 3.05) is 10.6 Å². The Morgan fingerprint density at radius 2 is 1.86 bits per heavy atom. The van der Waals surface area contributed by atoms with Crippen LogP contribution < -0.4 is 15.4 Å². The number of fused-ring (bicyclic) bond motifs is 1. The molecule has 0 fully saturated rings. The van der Waals surface area contributed by atoms with Crippen molar-refractivity contribution in [1.29, 1.82) is 0 Å². The van der Waals surface area contributed by atoms with Crippen LogP contribution >= 0.6 is 0 Å². The van der Waals surface area contributed by atoms with Crippen molar-refractivity contribution in [2.45, 2.75) is 18.0 Å². The lowest BCUT2D eigenvalue weighted by molar-refractivity contribution is -0.117. The number of aryl methyl sites for hydroxylation is 1. The van der Waals surface area contributed by atoms with E-state index in [1.165, 1.54) is 6.07 Å². The summed E-state index contributed by atoms with van der Waals surface area (Å²) in [6.07, 6.45) is -1.06. The molecule has 3 N–H and O–H groups in total. The fourth-order valence-electron chi connectivity index (χ4n) is 2.25. The number of carbonyl (C=O) groups excluding carboxylic acids is 1. The van der Waals surface area contributed by atoms with Gasteiger partial charge in [0.1, 0.15) is 4.90 Å². The molecule has 7 heteroatoms. The first-order valence-electron chi connectivity index (χ1n) is 6.71. The topological polar surface area (TPSA) is 87.3 Å². The highest BCUT2D eigenvalue weighted by atomic mass is 32.2. The van der Waals surface area contributed by atoms with Crippen molar-refractivity contribution in [2.24, 2.45) is 0 Å². The molecule has 0 saturated carbocycles. The molecule has 0 bridgehead atoms. The van der Waals surface area contributed by atoms with Crippen LogP contribution in [0.25, 0.3) is 0 Å². The number of hydrogen-bond acceptors (Lipinski definition) is 4. The van der Waals surface area contributed by atoms with Crippen LogP contribution in [-0.4, -0.2) is 20.5 Å². The third kappa shape index (κ3) is 2.81. The van der Waals surface area contributed by atoms with Gasteiger partial charge >= 0.3 is 0 Å². The van der Waals surface area contributed by atoms with Crippen LogP contribution in [0.3, 0.4) is 0 Å². The number of benzene rings is 2. The zero-order valence-electron chi connectivity index (χ0n) is 11.8. The summed E-state index contributed by atoms with van der Waals surface area (Å²) in [5.41, 5.74) is 1.93. The van der Waals surface area contributed by atoms with E-state index in [0.29, 0.717) is 11.4 Å². The molecule has 0 spiro atoms. The summed E-state index contributed by atoms with van der Waals surface area (Å²) >= 11 is 0. The van der Waals surface area contributed by atoms with E-state index in [4.69, 9.17) is 0 Å². The monoisotopic (exact) mass is 317 g/mol. The number of rotatable bonds is 2. The van der Waals surface area contributed by atoms with Gasteiger partial charge in [-0.2, -0.15) is 4.72 Å². The molecule has 6 nitrogen and oxygen atoms in total. The van der Waals surface area contributed by atoms with E-state index in [0.717, 1.165) is 5.56 Å². The van der Waals surface area contributed by atoms with Crippen LogP contribution in [0.1, 0.15) is 5.56 Å². The highest BCUT2D eigenvalue weighted by Gasteiger charge is 2.33. The van der Waals surface area contributed by atoms with Crippen molar-refractivity contribution < 1.29 is 13.2 Å². The lowest BCUT2D eigenvalue weighted by Gasteiger charge is -2.27. The molecule has 2 aromatic carbocycles. The Morgan fingerprint density at radius 3 is 2.59 bits per heavy atom. The molecule has 1 aliphatic rings. The van der Waals surface area contributed by atoms with Crippen molar-refractivity contribution in [3.8, 4) is 0 Å². The van der Waals surface area contributed by atoms with Gasteiger partial charge in [-0.15, -0.1) is 0 Å². The smallest absolute Gasteiger partial charge is 0.262 e. The van der Waals surface area contributed by atoms with E-state index < -0.39 is 22.1 Å². The predicted molar refractivity (Wildman–Crippen MR) is 84.0 cm³/mol. The number of para-hydroxylation sites is 1. The Morgan fingerprint density at radius 1 is 1.14 bits per heavy atom. The Kier molecular flexibility index (Phi) is 3.59. The second-order valence-electron chi connectivity index (χ2n) is 5.05. The SMILES string of the molecule is Cc1ccc2c(c1)N[C@@H](C(=O)Nc1ccccc1)NS2(=O)=O. The average Bonchev–Trinajstić information content (AvgIpc) is 2.46. The van der Waals surface area contributed by atoms with Crippen LogP contribution in [0.5, 0.6) is 0 Å². The predicted octanol–water partition coefficient (Wildman–Crippen LogP) is 1.66. The zero-order chi connectivity index (χ0) is 15.7. The van der Waals surface area contributed by atoms with Crippen LogP contribution in [0.2, 0.25) is 0 Å². The molecule has 1 heterocycles. The van der Waals surface area contributed by atoms with Gasteiger partial charge in [-0.3, -0.25) is 4.79 Å². The van der Waals surface area contributed by atoms with Crippen LogP contribution in [-0.2, 0) is 14.8 Å². The first kappa shape index (κ1) is 14.6. The molecule has 0 saturated heterocycles. The van der Waals surface area contributed by atoms with Crippen LogP contribution in [0, 0.1) is 6.92 Å². The molecule has 0 aliphatic carbocycles. The van der Waals surface area contributed by atoms with E-state index >= 15 is 0 Å². The first-order chi connectivity index (χ1) is 10.5. The minimum absolute atomic E-state index is 0.141. The number of amides is 1. The fourth-order valence-corrected chi connectivity index (χ4v) is 3.51. The number of nitrogens with one attached hydrogen (secondary N) is 3. The number of anilines is 2. The van der Waals surface area contributed by atoms with E-state index in [-0.39, 0.29) is 4.90 Å². The Hall–Kier alpha value is -2.38. The standard InChI is InChI=1S/C15H15N3O3S/c1-10-7-8-13-12(9-10)17-14(18-22(13,20)21)15(19)16-11-5-3-2-4-6-11/h2-9,14,17-18H,1H3,(H,16,19)/t14-/m1/s1. The highest BCUT2D eigenvalue weighted by Crippen LogP contribution is 2.27. The molecule has 1 aliphatic heterocycles. The van der Waals surface area contributed by atoms with Gasteiger partial charge in [0, 0.05) is 5.69 Å². The molecule has 114 valence electrons. The first-order valence-corrected chi connectivity index (χ1v) is 8.19. The van der Waals surface area contributed by atoms with Crippen LogP contribution in [0.15, 0.2) is 53.4 Å². The molecule has 1 atom stereocenters. The number of sulfonamides is 1. The Labute approximate surface area is 128 Å². The normalized spacial score (nSPS) is 18.9. The summed E-state index contributed by atoms with van der Waals surface area (Å²) in [4.78, 5) is 12.4. The molecule has 22 heavy (non-hydrogen) atoms. The maximum absolute atomic E-state index is 12.2. The minimum Gasteiger partial charge on any atom is -0.360 e. The summed E-state index contributed by atoms with van der Waals surface area (Å²) in [5, 5.41) is 5.58. The molecular formula is C15H15N3O3S. The summed E-state index contributed by atoms with van der Waals surface area (Å²) in [7, 11) is -3.72. The highest BCUT2D eigenvalue weighted by molar-refractivity contribution is 7.89. The summed E-state index contributed by atoms with van der Waals surface area (Å²) in [5.74, 6) is -0.470. The van der Waals surface area contributed by atoms with Gasteiger partial charge in [-0.25, -0.2) is 8.42 Å². The Balaban J connectivity index is 1.87. The maximum atomic E-state index is 12.2.